The number of hydrogen-bond donors (Lipinski definition) is 0. The van der Waals surface area contributed by atoms with Crippen molar-refractivity contribution in [3.63, 3.8) is 0 Å². The Bertz CT molecular complexity index is 1610. The maximum absolute atomic E-state index is 14.0. The Morgan fingerprint density at radius 2 is 1.90 bits per heavy atom. The van der Waals surface area contributed by atoms with Gasteiger partial charge in [-0.3, -0.25) is 14.2 Å². The molecule has 1 saturated heterocycles. The van der Waals surface area contributed by atoms with Crippen LogP contribution >= 0.6 is 11.3 Å². The Kier molecular flexibility index (Phi) is 8.13. The van der Waals surface area contributed by atoms with Crippen molar-refractivity contribution in [2.45, 2.75) is 26.8 Å². The highest BCUT2D eigenvalue weighted by atomic mass is 32.1. The lowest BCUT2D eigenvalue weighted by molar-refractivity contribution is -0.127. The Morgan fingerprint density at radius 1 is 1.15 bits per heavy atom. The third-order valence-corrected chi connectivity index (χ3v) is 8.23. The van der Waals surface area contributed by atoms with Crippen LogP contribution in [0.3, 0.4) is 0 Å². The minimum atomic E-state index is -0.753. The number of methoxy groups -OCH3 is 2. The van der Waals surface area contributed by atoms with Gasteiger partial charge in [-0.15, -0.1) is 0 Å². The number of benzene rings is 1. The maximum Gasteiger partial charge on any atom is 0.271 e. The summed E-state index contributed by atoms with van der Waals surface area (Å²) >= 11 is 1.26. The van der Waals surface area contributed by atoms with Crippen LogP contribution in [0.4, 0.5) is 5.88 Å². The average Bonchev–Trinajstić information content (AvgIpc) is 3.57. The number of thiazole rings is 1. The number of ether oxygens (including phenoxy) is 3. The Hall–Kier alpha value is -3.83. The van der Waals surface area contributed by atoms with Gasteiger partial charge in [-0.2, -0.15) is 0 Å². The van der Waals surface area contributed by atoms with E-state index in [-0.39, 0.29) is 11.5 Å². The van der Waals surface area contributed by atoms with Gasteiger partial charge in [-0.05, 0) is 45.0 Å². The molecule has 3 aromatic rings. The van der Waals surface area contributed by atoms with Crippen molar-refractivity contribution in [2.24, 2.45) is 4.99 Å². The van der Waals surface area contributed by atoms with Gasteiger partial charge in [0.1, 0.15) is 23.3 Å². The fourth-order valence-electron chi connectivity index (χ4n) is 5.13. The van der Waals surface area contributed by atoms with Crippen molar-refractivity contribution in [3.05, 3.63) is 72.6 Å². The minimum absolute atomic E-state index is 0.170. The first kappa shape index (κ1) is 27.7. The van der Waals surface area contributed by atoms with Crippen molar-refractivity contribution >= 4 is 29.2 Å². The first-order valence-electron chi connectivity index (χ1n) is 13.4. The smallest absolute Gasteiger partial charge is 0.271 e. The molecule has 1 fully saturated rings. The molecule has 0 N–H and O–H groups in total. The first-order chi connectivity index (χ1) is 19.4. The third kappa shape index (κ3) is 5.06. The molecule has 0 radical (unpaired) electrons. The summed E-state index contributed by atoms with van der Waals surface area (Å²) in [7, 11) is 3.15. The van der Waals surface area contributed by atoms with E-state index in [0.29, 0.717) is 69.7 Å². The Morgan fingerprint density at radius 3 is 2.58 bits per heavy atom. The van der Waals surface area contributed by atoms with Gasteiger partial charge in [0.25, 0.3) is 11.5 Å². The lowest BCUT2D eigenvalue weighted by atomic mass is 9.93. The largest absolute Gasteiger partial charge is 0.497 e. The van der Waals surface area contributed by atoms with Gasteiger partial charge in [0.2, 0.25) is 0 Å². The summed E-state index contributed by atoms with van der Waals surface area (Å²) in [5.74, 6) is 2.27. The van der Waals surface area contributed by atoms with Crippen LogP contribution in [-0.2, 0) is 9.53 Å². The number of carbonyl (C=O) groups excluding carboxylic acids is 1. The van der Waals surface area contributed by atoms with E-state index in [1.165, 1.54) is 11.3 Å². The van der Waals surface area contributed by atoms with Gasteiger partial charge in [0.15, 0.2) is 10.7 Å². The van der Waals surface area contributed by atoms with Crippen molar-refractivity contribution in [3.8, 4) is 11.5 Å². The second kappa shape index (κ2) is 11.7. The zero-order valence-corrected chi connectivity index (χ0v) is 24.2. The highest BCUT2D eigenvalue weighted by Crippen LogP contribution is 2.38. The predicted octanol–water partition coefficient (Wildman–Crippen LogP) is 2.55. The molecule has 1 aromatic carbocycles. The van der Waals surface area contributed by atoms with Crippen LogP contribution < -0.4 is 29.3 Å². The second-order valence-electron chi connectivity index (χ2n) is 9.44. The molecule has 2 aliphatic rings. The molecule has 0 unspecified atom stereocenters. The highest BCUT2D eigenvalue weighted by Gasteiger charge is 2.36. The van der Waals surface area contributed by atoms with Crippen molar-refractivity contribution in [2.75, 3.05) is 58.5 Å². The van der Waals surface area contributed by atoms with E-state index >= 15 is 0 Å². The summed E-state index contributed by atoms with van der Waals surface area (Å²) in [6.45, 7) is 9.54. The van der Waals surface area contributed by atoms with Gasteiger partial charge in [0.05, 0.1) is 43.2 Å². The molecular formula is C29H34N4O6S. The number of nitrogens with zero attached hydrogens (tertiary/aromatic N) is 4. The molecule has 0 spiro atoms. The number of allylic oxidation sites excluding steroid dienone is 1. The van der Waals surface area contributed by atoms with Gasteiger partial charge in [0, 0.05) is 43.9 Å². The average molecular weight is 567 g/mol. The molecule has 10 nitrogen and oxygen atoms in total. The molecule has 0 aliphatic carbocycles. The van der Waals surface area contributed by atoms with E-state index < -0.39 is 6.04 Å². The summed E-state index contributed by atoms with van der Waals surface area (Å²) < 4.78 is 24.8. The van der Waals surface area contributed by atoms with E-state index in [4.69, 9.17) is 23.6 Å². The molecule has 0 bridgehead atoms. The second-order valence-corrected chi connectivity index (χ2v) is 10.5. The summed E-state index contributed by atoms with van der Waals surface area (Å²) in [6, 6.07) is 8.40. The molecule has 40 heavy (non-hydrogen) atoms. The van der Waals surface area contributed by atoms with E-state index in [1.54, 1.807) is 41.9 Å². The molecular weight excluding hydrogens is 532 g/mol. The normalized spacial score (nSPS) is 17.5. The number of morpholine rings is 1. The van der Waals surface area contributed by atoms with Crippen LogP contribution in [0.5, 0.6) is 11.5 Å². The number of furan rings is 1. The quantitative estimate of drug-likeness (QED) is 0.413. The zero-order chi connectivity index (χ0) is 28.4. The molecule has 2 aromatic heterocycles. The zero-order valence-electron chi connectivity index (χ0n) is 23.4. The Balaban J connectivity index is 1.68. The summed E-state index contributed by atoms with van der Waals surface area (Å²) in [4.78, 5) is 37.0. The summed E-state index contributed by atoms with van der Waals surface area (Å²) in [5, 5.41) is 0. The number of rotatable bonds is 8. The van der Waals surface area contributed by atoms with Gasteiger partial charge in [-0.25, -0.2) is 4.99 Å². The molecule has 4 heterocycles. The predicted molar refractivity (Wildman–Crippen MR) is 153 cm³/mol. The van der Waals surface area contributed by atoms with Gasteiger partial charge < -0.3 is 28.4 Å². The number of hydrogen-bond acceptors (Lipinski definition) is 9. The fourth-order valence-corrected chi connectivity index (χ4v) is 6.15. The number of aromatic nitrogens is 1. The minimum Gasteiger partial charge on any atom is -0.497 e. The van der Waals surface area contributed by atoms with E-state index in [1.807, 2.05) is 39.0 Å². The molecule has 2 aliphatic heterocycles. The number of carbonyl (C=O) groups is 1. The number of anilines is 1. The fraction of sp³-hybridized carbons (Fsp3) is 0.414. The van der Waals surface area contributed by atoms with Crippen LogP contribution in [-0.4, -0.2) is 69.0 Å². The summed E-state index contributed by atoms with van der Waals surface area (Å²) in [6.07, 6.45) is 1.73. The van der Waals surface area contributed by atoms with Crippen molar-refractivity contribution < 1.29 is 23.4 Å². The lowest BCUT2D eigenvalue weighted by Gasteiger charge is -2.30. The number of likely N-dealkylation sites (N-methyl/N-ethyl adjacent to an activating group) is 1. The molecule has 1 atom stereocenters. The third-order valence-electron chi connectivity index (χ3n) is 7.24. The molecule has 0 saturated carbocycles. The van der Waals surface area contributed by atoms with Crippen LogP contribution in [0.15, 0.2) is 55.8 Å². The SMILES string of the molecule is CCN(CC)C(=O)C1=C(C)N=c2s/c(=C/c3ccc(N4CCOCC4)o3)c(=O)n2[C@H]1c1cc(OC)ccc1OC. The van der Waals surface area contributed by atoms with E-state index in [9.17, 15) is 9.59 Å². The van der Waals surface area contributed by atoms with Gasteiger partial charge >= 0.3 is 0 Å². The number of fused-ring (bicyclic) bond motifs is 1. The standard InChI is InChI=1S/C29H34N4O6S/c1-6-31(7-2)28(35)25-18(3)30-29-33(26(25)21-16-19(36-4)8-10-22(21)37-5)27(34)23(40-29)17-20-9-11-24(39-20)32-12-14-38-15-13-32/h8-11,16-17,26H,6-7,12-15H2,1-5H3/b23-17+/t26-/m0/s1. The van der Waals surface area contributed by atoms with Crippen molar-refractivity contribution in [1.29, 1.82) is 0 Å². The van der Waals surface area contributed by atoms with Crippen LogP contribution in [0.25, 0.3) is 6.08 Å². The van der Waals surface area contributed by atoms with Crippen LogP contribution in [0.2, 0.25) is 0 Å². The van der Waals surface area contributed by atoms with Crippen LogP contribution in [0, 0.1) is 0 Å². The molecule has 11 heteroatoms. The lowest BCUT2D eigenvalue weighted by Crippen LogP contribution is -2.43. The first-order valence-corrected chi connectivity index (χ1v) is 14.2. The Labute approximate surface area is 236 Å². The number of amides is 1. The topological polar surface area (TPSA) is 98.7 Å². The molecule has 1 amide bonds. The maximum atomic E-state index is 14.0. The van der Waals surface area contributed by atoms with Crippen molar-refractivity contribution in [1.82, 2.24) is 9.47 Å². The van der Waals surface area contributed by atoms with Gasteiger partial charge in [-0.1, -0.05) is 11.3 Å². The molecule has 212 valence electrons. The molecule has 5 rings (SSSR count). The van der Waals surface area contributed by atoms with E-state index in [0.717, 1.165) is 19.0 Å². The summed E-state index contributed by atoms with van der Waals surface area (Å²) in [5.41, 5.74) is 1.38. The highest BCUT2D eigenvalue weighted by molar-refractivity contribution is 7.07. The van der Waals surface area contributed by atoms with E-state index in [2.05, 4.69) is 4.90 Å². The van der Waals surface area contributed by atoms with Crippen LogP contribution in [0.1, 0.15) is 38.1 Å². The monoisotopic (exact) mass is 566 g/mol.